The average molecular weight is 553 g/mol. The zero-order chi connectivity index (χ0) is 29.4. The van der Waals surface area contributed by atoms with Crippen LogP contribution in [0.4, 0.5) is 0 Å². The van der Waals surface area contributed by atoms with Gasteiger partial charge >= 0.3 is 5.97 Å². The zero-order valence-electron chi connectivity index (χ0n) is 27.2. The van der Waals surface area contributed by atoms with Gasteiger partial charge in [0.15, 0.2) is 0 Å². The Labute approximate surface area is 243 Å². The van der Waals surface area contributed by atoms with Crippen molar-refractivity contribution in [2.24, 2.45) is 22.0 Å². The van der Waals surface area contributed by atoms with Crippen LogP contribution in [0.5, 0.6) is 0 Å². The molecule has 5 unspecified atom stereocenters. The Kier molecular flexibility index (Phi) is 17.5. The van der Waals surface area contributed by atoms with E-state index in [1.807, 2.05) is 0 Å². The van der Waals surface area contributed by atoms with E-state index in [1.54, 1.807) is 6.92 Å². The highest BCUT2D eigenvalue weighted by Gasteiger charge is 2.46. The van der Waals surface area contributed by atoms with Crippen molar-refractivity contribution < 1.29 is 14.6 Å². The normalized spacial score (nSPS) is 24.2. The van der Waals surface area contributed by atoms with Gasteiger partial charge in [-0.25, -0.2) is 0 Å². The molecule has 4 N–H and O–H groups in total. The first kappa shape index (κ1) is 36.4. The topological polar surface area (TPSA) is 84.6 Å². The second-order valence-electron chi connectivity index (χ2n) is 14.5. The lowest BCUT2D eigenvalue weighted by atomic mass is 9.62. The molecule has 232 valence electrons. The number of ether oxygens (including phenoxy) is 1. The summed E-state index contributed by atoms with van der Waals surface area (Å²) in [6, 6.07) is 0.400. The highest BCUT2D eigenvalue weighted by atomic mass is 16.5. The molecule has 5 heteroatoms. The fourth-order valence-corrected chi connectivity index (χ4v) is 7.14. The van der Waals surface area contributed by atoms with Crippen molar-refractivity contribution >= 4 is 5.97 Å². The SMILES string of the molecule is CCCCCCCCCC(C)(C(=O)OCC(C)O)C(CCCCCCCC)NC1CC(C)(C)CC(C)(CN)C1. The molecule has 39 heavy (non-hydrogen) atoms. The molecule has 0 aromatic rings. The van der Waals surface area contributed by atoms with Gasteiger partial charge in [-0.05, 0) is 63.3 Å². The molecule has 1 rings (SSSR count). The number of carbonyl (C=O) groups excluding carboxylic acids is 1. The van der Waals surface area contributed by atoms with Crippen molar-refractivity contribution in [1.82, 2.24) is 5.32 Å². The van der Waals surface area contributed by atoms with Crippen LogP contribution in [0.1, 0.15) is 164 Å². The molecule has 0 spiro atoms. The number of hydrogen-bond acceptors (Lipinski definition) is 5. The largest absolute Gasteiger partial charge is 0.462 e. The standard InChI is InChI=1S/C34H68N2O3/c1-8-10-12-14-16-18-20-22-34(7,31(38)39-25-28(3)37)30(21-19-17-15-13-11-9-2)36-29-23-32(4,5)26-33(6,24-29)27-35/h28-30,36-37H,8-27,35H2,1-7H3. The van der Waals surface area contributed by atoms with Crippen molar-refractivity contribution in [2.75, 3.05) is 13.2 Å². The van der Waals surface area contributed by atoms with Gasteiger partial charge in [0.05, 0.1) is 11.5 Å². The van der Waals surface area contributed by atoms with Crippen LogP contribution >= 0.6 is 0 Å². The van der Waals surface area contributed by atoms with Crippen LogP contribution in [0.3, 0.4) is 0 Å². The molecular formula is C34H68N2O3. The van der Waals surface area contributed by atoms with Crippen molar-refractivity contribution in [3.8, 4) is 0 Å². The van der Waals surface area contributed by atoms with Crippen molar-refractivity contribution in [3.05, 3.63) is 0 Å². The Morgan fingerprint density at radius 2 is 1.49 bits per heavy atom. The maximum atomic E-state index is 13.7. The number of unbranched alkanes of at least 4 members (excludes halogenated alkanes) is 11. The van der Waals surface area contributed by atoms with E-state index in [2.05, 4.69) is 46.9 Å². The second kappa shape index (κ2) is 18.7. The van der Waals surface area contributed by atoms with Crippen LogP contribution in [0, 0.1) is 16.2 Å². The van der Waals surface area contributed by atoms with Gasteiger partial charge in [-0.1, -0.05) is 118 Å². The summed E-state index contributed by atoms with van der Waals surface area (Å²) in [7, 11) is 0. The average Bonchev–Trinajstić information content (AvgIpc) is 2.86. The number of esters is 1. The minimum absolute atomic E-state index is 0.0613. The van der Waals surface area contributed by atoms with E-state index in [1.165, 1.54) is 64.2 Å². The summed E-state index contributed by atoms with van der Waals surface area (Å²) in [5.41, 5.74) is 6.02. The zero-order valence-corrected chi connectivity index (χ0v) is 27.2. The Morgan fingerprint density at radius 3 is 2.03 bits per heavy atom. The number of carbonyl (C=O) groups is 1. The summed E-state index contributed by atoms with van der Waals surface area (Å²) < 4.78 is 5.76. The first-order valence-corrected chi connectivity index (χ1v) is 16.7. The summed E-state index contributed by atoms with van der Waals surface area (Å²) in [5, 5.41) is 13.9. The predicted octanol–water partition coefficient (Wildman–Crippen LogP) is 8.31. The van der Waals surface area contributed by atoms with Crippen LogP contribution < -0.4 is 11.1 Å². The molecule has 0 bridgehead atoms. The van der Waals surface area contributed by atoms with Gasteiger partial charge in [0.2, 0.25) is 0 Å². The monoisotopic (exact) mass is 553 g/mol. The molecule has 0 aliphatic heterocycles. The van der Waals surface area contributed by atoms with E-state index in [0.29, 0.717) is 12.6 Å². The Hall–Kier alpha value is -0.650. The smallest absolute Gasteiger partial charge is 0.313 e. The molecule has 5 nitrogen and oxygen atoms in total. The number of aliphatic hydroxyl groups excluding tert-OH is 1. The molecule has 1 saturated carbocycles. The van der Waals surface area contributed by atoms with E-state index in [4.69, 9.17) is 10.5 Å². The Bertz CT molecular complexity index is 652. The maximum absolute atomic E-state index is 13.7. The molecule has 0 aromatic heterocycles. The molecule has 5 atom stereocenters. The van der Waals surface area contributed by atoms with Gasteiger partial charge in [0, 0.05) is 12.1 Å². The second-order valence-corrected chi connectivity index (χ2v) is 14.5. The van der Waals surface area contributed by atoms with Gasteiger partial charge in [0.1, 0.15) is 6.61 Å². The van der Waals surface area contributed by atoms with Crippen molar-refractivity contribution in [2.45, 2.75) is 182 Å². The quantitative estimate of drug-likeness (QED) is 0.0929. The Morgan fingerprint density at radius 1 is 0.949 bits per heavy atom. The van der Waals surface area contributed by atoms with Gasteiger partial charge in [-0.3, -0.25) is 4.79 Å². The third-order valence-electron chi connectivity index (χ3n) is 9.21. The van der Waals surface area contributed by atoms with Gasteiger partial charge in [-0.2, -0.15) is 0 Å². The molecule has 0 aromatic carbocycles. The number of hydrogen-bond donors (Lipinski definition) is 3. The Balaban J connectivity index is 3.09. The van der Waals surface area contributed by atoms with E-state index in [0.717, 1.165) is 51.4 Å². The van der Waals surface area contributed by atoms with Crippen molar-refractivity contribution in [1.29, 1.82) is 0 Å². The first-order chi connectivity index (χ1) is 18.4. The fraction of sp³-hybridized carbons (Fsp3) is 0.971. The summed E-state index contributed by atoms with van der Waals surface area (Å²) in [5.74, 6) is -0.144. The maximum Gasteiger partial charge on any atom is 0.313 e. The minimum Gasteiger partial charge on any atom is -0.462 e. The van der Waals surface area contributed by atoms with Crippen LogP contribution in [-0.4, -0.2) is 42.4 Å². The fourth-order valence-electron chi connectivity index (χ4n) is 7.14. The molecule has 0 amide bonds. The lowest BCUT2D eigenvalue weighted by molar-refractivity contribution is -0.160. The molecular weight excluding hydrogens is 484 g/mol. The lowest BCUT2D eigenvalue weighted by Crippen LogP contribution is -2.56. The van der Waals surface area contributed by atoms with E-state index in [9.17, 15) is 9.90 Å². The number of nitrogens with two attached hydrogens (primary N) is 1. The number of rotatable bonds is 22. The molecule has 0 radical (unpaired) electrons. The highest BCUT2D eigenvalue weighted by Crippen LogP contribution is 2.46. The van der Waals surface area contributed by atoms with E-state index < -0.39 is 11.5 Å². The molecule has 0 heterocycles. The summed E-state index contributed by atoms with van der Waals surface area (Å²) >= 11 is 0. The third kappa shape index (κ3) is 14.2. The molecule has 1 aliphatic carbocycles. The third-order valence-corrected chi connectivity index (χ3v) is 9.21. The van der Waals surface area contributed by atoms with Crippen LogP contribution in [0.25, 0.3) is 0 Å². The minimum atomic E-state index is -0.647. The highest BCUT2D eigenvalue weighted by molar-refractivity contribution is 5.77. The summed E-state index contributed by atoms with van der Waals surface area (Å²) in [6.45, 7) is 16.2. The van der Waals surface area contributed by atoms with Crippen LogP contribution in [0.2, 0.25) is 0 Å². The van der Waals surface area contributed by atoms with Crippen molar-refractivity contribution in [3.63, 3.8) is 0 Å². The molecule has 0 saturated heterocycles. The lowest BCUT2D eigenvalue weighted by Gasteiger charge is -2.49. The van der Waals surface area contributed by atoms with Crippen LogP contribution in [0.15, 0.2) is 0 Å². The molecule has 1 aliphatic rings. The molecule has 1 fully saturated rings. The first-order valence-electron chi connectivity index (χ1n) is 16.7. The number of nitrogens with one attached hydrogen (secondary N) is 1. The van der Waals surface area contributed by atoms with Gasteiger partial charge in [0.25, 0.3) is 0 Å². The number of aliphatic hydroxyl groups is 1. The van der Waals surface area contributed by atoms with E-state index in [-0.39, 0.29) is 29.4 Å². The summed E-state index contributed by atoms with van der Waals surface area (Å²) in [4.78, 5) is 13.7. The van der Waals surface area contributed by atoms with Gasteiger partial charge < -0.3 is 20.9 Å². The van der Waals surface area contributed by atoms with Gasteiger partial charge in [-0.15, -0.1) is 0 Å². The van der Waals surface area contributed by atoms with Crippen LogP contribution in [-0.2, 0) is 9.53 Å². The van der Waals surface area contributed by atoms with E-state index >= 15 is 0 Å². The summed E-state index contributed by atoms with van der Waals surface area (Å²) in [6.07, 6.45) is 20.5. The predicted molar refractivity (Wildman–Crippen MR) is 167 cm³/mol.